The number of carbonyl (C=O) groups is 1. The molecule has 2 aromatic carbocycles. The molecule has 0 radical (unpaired) electrons. The Bertz CT molecular complexity index is 907. The number of ether oxygens (including phenoxy) is 2. The fourth-order valence-corrected chi connectivity index (χ4v) is 2.48. The van der Waals surface area contributed by atoms with Crippen molar-refractivity contribution >= 4 is 33.3 Å². The minimum absolute atomic E-state index is 0.0383. The Morgan fingerprint density at radius 2 is 1.79 bits per heavy atom. The fraction of sp³-hybridized carbons (Fsp3) is 0.118. The number of hydrogen-bond acceptors (Lipinski definition) is 6. The minimum Gasteiger partial charge on any atom is -0.505 e. The van der Waals surface area contributed by atoms with E-state index in [1.165, 1.54) is 12.1 Å². The predicted octanol–water partition coefficient (Wildman–Crippen LogP) is 5.67. The number of aliphatic hydroxyl groups is 1. The summed E-state index contributed by atoms with van der Waals surface area (Å²) in [5.74, 6) is -3.25. The molecule has 0 unspecified atom stereocenters. The minimum atomic E-state index is -4.84. The van der Waals surface area contributed by atoms with Crippen LogP contribution in [0.3, 0.4) is 0 Å². The number of carbonyl (C=O) groups excluding carboxylic acids is 1. The highest BCUT2D eigenvalue weighted by atomic mass is 79.9. The second kappa shape index (κ2) is 8.83. The average Bonchev–Trinajstić information content (AvgIpc) is 2.61. The third-order valence-corrected chi connectivity index (χ3v) is 3.80. The predicted molar refractivity (Wildman–Crippen MR) is 93.3 cm³/mol. The van der Waals surface area contributed by atoms with Crippen molar-refractivity contribution in [3.8, 4) is 5.75 Å². The Labute approximate surface area is 164 Å². The van der Waals surface area contributed by atoms with E-state index in [0.29, 0.717) is 0 Å². The Balaban J connectivity index is 2.38. The van der Waals surface area contributed by atoms with Crippen LogP contribution < -0.4 is 4.74 Å². The number of nitrogens with zero attached hydrogens (tertiary/aromatic N) is 2. The Hall–Kier alpha value is -2.95. The highest BCUT2D eigenvalue weighted by molar-refractivity contribution is 9.10. The zero-order valence-electron chi connectivity index (χ0n) is 14.0. The van der Waals surface area contributed by atoms with Gasteiger partial charge in [0.1, 0.15) is 11.6 Å². The van der Waals surface area contributed by atoms with Gasteiger partial charge in [-0.1, -0.05) is 6.07 Å². The van der Waals surface area contributed by atoms with Crippen molar-refractivity contribution in [3.63, 3.8) is 0 Å². The summed E-state index contributed by atoms with van der Waals surface area (Å²) in [6.07, 6.45) is -4.84. The molecule has 2 aromatic rings. The first-order valence-electron chi connectivity index (χ1n) is 7.36. The first-order chi connectivity index (χ1) is 13.1. The lowest BCUT2D eigenvalue weighted by Crippen LogP contribution is -2.16. The lowest BCUT2D eigenvalue weighted by atomic mass is 10.1. The quantitative estimate of drug-likeness (QED) is 0.204. The molecule has 11 heteroatoms. The van der Waals surface area contributed by atoms with Crippen LogP contribution in [-0.2, 0) is 9.53 Å². The van der Waals surface area contributed by atoms with Gasteiger partial charge in [0.15, 0.2) is 5.76 Å². The molecule has 0 aliphatic carbocycles. The van der Waals surface area contributed by atoms with E-state index >= 15 is 0 Å². The first kappa shape index (κ1) is 21.4. The Kier molecular flexibility index (Phi) is 6.73. The van der Waals surface area contributed by atoms with Gasteiger partial charge in [-0.15, -0.1) is 18.3 Å². The zero-order valence-corrected chi connectivity index (χ0v) is 15.6. The largest absolute Gasteiger partial charge is 0.573 e. The van der Waals surface area contributed by atoms with Crippen LogP contribution in [0.1, 0.15) is 5.56 Å². The van der Waals surface area contributed by atoms with Crippen LogP contribution in [0.25, 0.3) is 5.76 Å². The second-order valence-corrected chi connectivity index (χ2v) is 5.88. The summed E-state index contributed by atoms with van der Waals surface area (Å²) in [6, 6.07) is 8.10. The standard InChI is InChI=1S/C17H11BrF4N2O4/c1-27-16(26)14(15(25)13-11(18)3-2-4-12(13)19)24-23-9-5-7-10(8-6-9)28-17(20,21)22/h2-8,25H,1H3. The maximum Gasteiger partial charge on any atom is 0.573 e. The molecule has 0 saturated carbocycles. The van der Waals surface area contributed by atoms with Gasteiger partial charge in [0, 0.05) is 4.47 Å². The molecule has 0 spiro atoms. The second-order valence-electron chi connectivity index (χ2n) is 5.03. The topological polar surface area (TPSA) is 80.5 Å². The Morgan fingerprint density at radius 3 is 2.32 bits per heavy atom. The van der Waals surface area contributed by atoms with Crippen LogP contribution in [0.2, 0.25) is 0 Å². The number of esters is 1. The molecule has 0 aliphatic heterocycles. The summed E-state index contributed by atoms with van der Waals surface area (Å²) in [4.78, 5) is 11.9. The van der Waals surface area contributed by atoms with E-state index in [1.54, 1.807) is 0 Å². The molecule has 0 heterocycles. The number of rotatable bonds is 5. The van der Waals surface area contributed by atoms with Gasteiger partial charge in [0.05, 0.1) is 18.4 Å². The molecule has 2 rings (SSSR count). The SMILES string of the molecule is COC(=O)C(N=Nc1ccc(OC(F)(F)F)cc1)=C(O)c1c(F)cccc1Br. The number of hydrogen-bond donors (Lipinski definition) is 1. The van der Waals surface area contributed by atoms with Crippen LogP contribution in [0, 0.1) is 5.82 Å². The molecule has 6 nitrogen and oxygen atoms in total. The van der Waals surface area contributed by atoms with Crippen molar-refractivity contribution in [3.05, 3.63) is 64.0 Å². The third kappa shape index (κ3) is 5.52. The van der Waals surface area contributed by atoms with Gasteiger partial charge in [-0.2, -0.15) is 5.11 Å². The zero-order chi connectivity index (χ0) is 20.9. The number of azo groups is 1. The van der Waals surface area contributed by atoms with E-state index in [1.807, 2.05) is 0 Å². The van der Waals surface area contributed by atoms with Gasteiger partial charge in [-0.05, 0) is 52.3 Å². The molecule has 148 valence electrons. The molecular formula is C17H11BrF4N2O4. The van der Waals surface area contributed by atoms with Crippen LogP contribution in [0.5, 0.6) is 5.75 Å². The summed E-state index contributed by atoms with van der Waals surface area (Å²) >= 11 is 3.05. The molecule has 0 amide bonds. The summed E-state index contributed by atoms with van der Waals surface area (Å²) < 4.78 is 58.9. The maximum atomic E-state index is 14.0. The van der Waals surface area contributed by atoms with Gasteiger partial charge in [-0.3, -0.25) is 0 Å². The van der Waals surface area contributed by atoms with Gasteiger partial charge >= 0.3 is 12.3 Å². The van der Waals surface area contributed by atoms with E-state index in [-0.39, 0.29) is 15.7 Å². The summed E-state index contributed by atoms with van der Waals surface area (Å²) in [7, 11) is 1.02. The van der Waals surface area contributed by atoms with E-state index in [0.717, 1.165) is 37.4 Å². The van der Waals surface area contributed by atoms with Crippen LogP contribution >= 0.6 is 15.9 Å². The van der Waals surface area contributed by atoms with E-state index < -0.39 is 35.4 Å². The van der Waals surface area contributed by atoms with Crippen LogP contribution in [0.4, 0.5) is 23.2 Å². The van der Waals surface area contributed by atoms with Gasteiger partial charge < -0.3 is 14.6 Å². The van der Waals surface area contributed by atoms with E-state index in [4.69, 9.17) is 0 Å². The van der Waals surface area contributed by atoms with E-state index in [9.17, 15) is 27.5 Å². The molecule has 1 N–H and O–H groups in total. The van der Waals surface area contributed by atoms with Crippen LogP contribution in [-0.4, -0.2) is 24.5 Å². The van der Waals surface area contributed by atoms with Gasteiger partial charge in [0.2, 0.25) is 5.70 Å². The Morgan fingerprint density at radius 1 is 1.14 bits per heavy atom. The fourth-order valence-electron chi connectivity index (χ4n) is 1.95. The maximum absolute atomic E-state index is 14.0. The van der Waals surface area contributed by atoms with Crippen LogP contribution in [0.15, 0.2) is 62.9 Å². The van der Waals surface area contributed by atoms with Crippen molar-refractivity contribution < 1.29 is 36.9 Å². The molecule has 28 heavy (non-hydrogen) atoms. The third-order valence-electron chi connectivity index (χ3n) is 3.14. The first-order valence-corrected chi connectivity index (χ1v) is 8.15. The number of methoxy groups -OCH3 is 1. The molecule has 0 saturated heterocycles. The monoisotopic (exact) mass is 462 g/mol. The summed E-state index contributed by atoms with van der Waals surface area (Å²) in [5.41, 5.74) is -1.00. The normalized spacial score (nSPS) is 12.6. The van der Waals surface area contributed by atoms with Gasteiger partial charge in [0.25, 0.3) is 0 Å². The number of alkyl halides is 3. The lowest BCUT2D eigenvalue weighted by molar-refractivity contribution is -0.274. The highest BCUT2D eigenvalue weighted by Gasteiger charge is 2.31. The highest BCUT2D eigenvalue weighted by Crippen LogP contribution is 2.30. The summed E-state index contributed by atoms with van der Waals surface area (Å²) in [5, 5.41) is 17.5. The van der Waals surface area contributed by atoms with Crippen molar-refractivity contribution in [1.82, 2.24) is 0 Å². The van der Waals surface area contributed by atoms with E-state index in [2.05, 4.69) is 35.6 Å². The molecule has 0 fully saturated rings. The van der Waals surface area contributed by atoms with Crippen molar-refractivity contribution in [2.24, 2.45) is 10.2 Å². The number of benzene rings is 2. The number of aliphatic hydroxyl groups excluding tert-OH is 1. The smallest absolute Gasteiger partial charge is 0.505 e. The average molecular weight is 463 g/mol. The molecule has 0 aliphatic rings. The van der Waals surface area contributed by atoms with Crippen molar-refractivity contribution in [1.29, 1.82) is 0 Å². The number of halogens is 5. The molecular weight excluding hydrogens is 452 g/mol. The molecule has 0 bridgehead atoms. The lowest BCUT2D eigenvalue weighted by Gasteiger charge is -2.08. The summed E-state index contributed by atoms with van der Waals surface area (Å²) in [6.45, 7) is 0. The molecule has 0 aromatic heterocycles. The van der Waals surface area contributed by atoms with Crippen molar-refractivity contribution in [2.45, 2.75) is 6.36 Å². The van der Waals surface area contributed by atoms with Crippen molar-refractivity contribution in [2.75, 3.05) is 7.11 Å². The van der Waals surface area contributed by atoms with Gasteiger partial charge in [-0.25, -0.2) is 9.18 Å². The molecule has 0 atom stereocenters.